The SMILES string of the molecule is CCOc1ccc(NC(=O)c2ccc(N3C[C@H](C)N[C@@H](C)C3)c3cnc(OC)nc23)cn1. The Bertz CT molecular complexity index is 1090. The van der Waals surface area contributed by atoms with Crippen LogP contribution >= 0.6 is 0 Å². The Kier molecular flexibility index (Phi) is 6.36. The van der Waals surface area contributed by atoms with Gasteiger partial charge in [0.15, 0.2) is 0 Å². The molecule has 1 aliphatic heterocycles. The van der Waals surface area contributed by atoms with Crippen LogP contribution in [-0.2, 0) is 0 Å². The first-order valence-electron chi connectivity index (χ1n) is 10.7. The van der Waals surface area contributed by atoms with Gasteiger partial charge in [-0.25, -0.2) is 9.97 Å². The maximum Gasteiger partial charge on any atom is 0.316 e. The van der Waals surface area contributed by atoms with E-state index in [1.807, 2.05) is 13.0 Å². The number of ether oxygens (including phenoxy) is 2. The Morgan fingerprint density at radius 2 is 1.94 bits per heavy atom. The van der Waals surface area contributed by atoms with Crippen molar-refractivity contribution >= 4 is 28.2 Å². The number of anilines is 2. The summed E-state index contributed by atoms with van der Waals surface area (Å²) in [6.07, 6.45) is 3.29. The molecule has 32 heavy (non-hydrogen) atoms. The van der Waals surface area contributed by atoms with Gasteiger partial charge in [-0.15, -0.1) is 0 Å². The largest absolute Gasteiger partial charge is 0.478 e. The third-order valence-corrected chi connectivity index (χ3v) is 5.32. The van der Waals surface area contributed by atoms with E-state index >= 15 is 0 Å². The van der Waals surface area contributed by atoms with E-state index in [9.17, 15) is 4.79 Å². The van der Waals surface area contributed by atoms with E-state index in [-0.39, 0.29) is 11.9 Å². The van der Waals surface area contributed by atoms with Gasteiger partial charge in [0.2, 0.25) is 5.88 Å². The highest BCUT2D eigenvalue weighted by Gasteiger charge is 2.24. The summed E-state index contributed by atoms with van der Waals surface area (Å²) in [5, 5.41) is 7.24. The van der Waals surface area contributed by atoms with E-state index in [4.69, 9.17) is 9.47 Å². The van der Waals surface area contributed by atoms with Gasteiger partial charge in [0, 0.05) is 48.5 Å². The molecule has 2 aromatic heterocycles. The van der Waals surface area contributed by atoms with Gasteiger partial charge in [-0.1, -0.05) is 0 Å². The topological polar surface area (TPSA) is 102 Å². The molecule has 9 nitrogen and oxygen atoms in total. The fourth-order valence-electron chi connectivity index (χ4n) is 4.06. The van der Waals surface area contributed by atoms with Crippen molar-refractivity contribution in [3.8, 4) is 11.9 Å². The first-order chi connectivity index (χ1) is 15.5. The maximum atomic E-state index is 13.1. The van der Waals surface area contributed by atoms with Gasteiger partial charge in [-0.3, -0.25) is 4.79 Å². The summed E-state index contributed by atoms with van der Waals surface area (Å²) in [6, 6.07) is 8.16. The number of aromatic nitrogens is 3. The first-order valence-corrected chi connectivity index (χ1v) is 10.7. The second-order valence-corrected chi connectivity index (χ2v) is 7.90. The minimum Gasteiger partial charge on any atom is -0.478 e. The van der Waals surface area contributed by atoms with Crippen LogP contribution in [0.5, 0.6) is 11.9 Å². The molecule has 0 aliphatic carbocycles. The van der Waals surface area contributed by atoms with Gasteiger partial charge in [0.25, 0.3) is 5.91 Å². The fourth-order valence-corrected chi connectivity index (χ4v) is 4.06. The summed E-state index contributed by atoms with van der Waals surface area (Å²) in [5.74, 6) is 0.229. The van der Waals surface area contributed by atoms with E-state index in [0.29, 0.717) is 41.3 Å². The number of piperazine rings is 1. The number of pyridine rings is 1. The van der Waals surface area contributed by atoms with Crippen molar-refractivity contribution in [2.24, 2.45) is 0 Å². The highest BCUT2D eigenvalue weighted by Crippen LogP contribution is 2.31. The summed E-state index contributed by atoms with van der Waals surface area (Å²) in [7, 11) is 1.51. The summed E-state index contributed by atoms with van der Waals surface area (Å²) in [5.41, 5.74) is 2.56. The van der Waals surface area contributed by atoms with Crippen molar-refractivity contribution in [1.82, 2.24) is 20.3 Å². The zero-order valence-electron chi connectivity index (χ0n) is 18.8. The lowest BCUT2D eigenvalue weighted by molar-refractivity contribution is 0.102. The van der Waals surface area contributed by atoms with Crippen molar-refractivity contribution in [3.63, 3.8) is 0 Å². The molecule has 1 aromatic carbocycles. The standard InChI is InChI=1S/C23H28N6O3/c1-5-32-20-9-6-16(10-24-20)27-22(30)17-7-8-19(29-12-14(2)26-15(3)13-29)18-11-25-23(31-4)28-21(17)18/h6-11,14-15,26H,5,12-13H2,1-4H3,(H,27,30)/t14-,15-/m0/s1. The number of nitrogens with one attached hydrogen (secondary N) is 2. The molecular formula is C23H28N6O3. The summed E-state index contributed by atoms with van der Waals surface area (Å²) in [6.45, 7) is 8.46. The number of hydrogen-bond acceptors (Lipinski definition) is 8. The lowest BCUT2D eigenvalue weighted by atomic mass is 10.0. The molecule has 0 bridgehead atoms. The molecular weight excluding hydrogens is 408 g/mol. The van der Waals surface area contributed by atoms with Crippen LogP contribution in [0.1, 0.15) is 31.1 Å². The quantitative estimate of drug-likeness (QED) is 0.608. The highest BCUT2D eigenvalue weighted by molar-refractivity contribution is 6.13. The molecule has 0 spiro atoms. The number of rotatable bonds is 6. The molecule has 3 aromatic rings. The minimum absolute atomic E-state index is 0.216. The molecule has 0 unspecified atom stereocenters. The Hall–Kier alpha value is -3.46. The molecule has 1 amide bonds. The second kappa shape index (κ2) is 9.35. The maximum absolute atomic E-state index is 13.1. The Balaban J connectivity index is 1.69. The summed E-state index contributed by atoms with van der Waals surface area (Å²) >= 11 is 0. The molecule has 4 rings (SSSR count). The second-order valence-electron chi connectivity index (χ2n) is 7.90. The molecule has 3 heterocycles. The van der Waals surface area contributed by atoms with Gasteiger partial charge in [-0.2, -0.15) is 4.98 Å². The molecule has 0 radical (unpaired) electrons. The van der Waals surface area contributed by atoms with Crippen molar-refractivity contribution in [1.29, 1.82) is 0 Å². The van der Waals surface area contributed by atoms with E-state index < -0.39 is 0 Å². The summed E-state index contributed by atoms with van der Waals surface area (Å²) < 4.78 is 10.6. The number of hydrogen-bond donors (Lipinski definition) is 2. The van der Waals surface area contributed by atoms with Gasteiger partial charge < -0.3 is 25.0 Å². The normalized spacial score (nSPS) is 18.4. The molecule has 9 heteroatoms. The first kappa shape index (κ1) is 21.8. The molecule has 2 atom stereocenters. The monoisotopic (exact) mass is 436 g/mol. The van der Waals surface area contributed by atoms with Crippen molar-refractivity contribution in [2.75, 3.05) is 37.0 Å². The third kappa shape index (κ3) is 4.57. The van der Waals surface area contributed by atoms with Crippen molar-refractivity contribution in [2.45, 2.75) is 32.9 Å². The number of benzene rings is 1. The van der Waals surface area contributed by atoms with Crippen molar-refractivity contribution < 1.29 is 14.3 Å². The predicted octanol–water partition coefficient (Wildman–Crippen LogP) is 2.87. The van der Waals surface area contributed by atoms with Crippen LogP contribution in [0.4, 0.5) is 11.4 Å². The van der Waals surface area contributed by atoms with Gasteiger partial charge >= 0.3 is 6.01 Å². The van der Waals surface area contributed by atoms with Crippen LogP contribution in [0, 0.1) is 0 Å². The Morgan fingerprint density at radius 1 is 1.16 bits per heavy atom. The molecule has 1 aliphatic rings. The Labute approximate surface area is 187 Å². The average Bonchev–Trinajstić information content (AvgIpc) is 2.78. The minimum atomic E-state index is -0.282. The zero-order chi connectivity index (χ0) is 22.7. The number of nitrogens with zero attached hydrogens (tertiary/aromatic N) is 4. The highest BCUT2D eigenvalue weighted by atomic mass is 16.5. The molecule has 2 N–H and O–H groups in total. The predicted molar refractivity (Wildman–Crippen MR) is 124 cm³/mol. The number of amides is 1. The van der Waals surface area contributed by atoms with Crippen molar-refractivity contribution in [3.05, 3.63) is 42.2 Å². The van der Waals surface area contributed by atoms with Gasteiger partial charge in [0.05, 0.1) is 36.7 Å². The van der Waals surface area contributed by atoms with E-state index in [1.54, 1.807) is 30.6 Å². The number of fused-ring (bicyclic) bond motifs is 1. The molecule has 168 valence electrons. The fraction of sp³-hybridized carbons (Fsp3) is 0.391. The van der Waals surface area contributed by atoms with E-state index in [0.717, 1.165) is 24.2 Å². The van der Waals surface area contributed by atoms with Gasteiger partial charge in [-0.05, 0) is 39.0 Å². The number of carbonyl (C=O) groups is 1. The average molecular weight is 437 g/mol. The smallest absolute Gasteiger partial charge is 0.316 e. The zero-order valence-corrected chi connectivity index (χ0v) is 18.8. The number of methoxy groups -OCH3 is 1. The van der Waals surface area contributed by atoms with E-state index in [2.05, 4.69) is 44.3 Å². The van der Waals surface area contributed by atoms with Gasteiger partial charge in [0.1, 0.15) is 0 Å². The molecule has 1 fully saturated rings. The van der Waals surface area contributed by atoms with Crippen LogP contribution in [-0.4, -0.2) is 59.7 Å². The number of carbonyl (C=O) groups excluding carboxylic acids is 1. The van der Waals surface area contributed by atoms with Crippen LogP contribution in [0.15, 0.2) is 36.7 Å². The van der Waals surface area contributed by atoms with Crippen LogP contribution in [0.25, 0.3) is 10.9 Å². The van der Waals surface area contributed by atoms with Crippen LogP contribution in [0.3, 0.4) is 0 Å². The lowest BCUT2D eigenvalue weighted by Gasteiger charge is -2.38. The lowest BCUT2D eigenvalue weighted by Crippen LogP contribution is -2.54. The third-order valence-electron chi connectivity index (χ3n) is 5.32. The Morgan fingerprint density at radius 3 is 2.59 bits per heavy atom. The van der Waals surface area contributed by atoms with Crippen LogP contribution in [0.2, 0.25) is 0 Å². The van der Waals surface area contributed by atoms with E-state index in [1.165, 1.54) is 7.11 Å². The summed E-state index contributed by atoms with van der Waals surface area (Å²) in [4.78, 5) is 28.5. The van der Waals surface area contributed by atoms with Crippen LogP contribution < -0.4 is 25.0 Å². The molecule has 1 saturated heterocycles. The molecule has 0 saturated carbocycles.